The predicted molar refractivity (Wildman–Crippen MR) is 68.5 cm³/mol. The lowest BCUT2D eigenvalue weighted by atomic mass is 10.1. The van der Waals surface area contributed by atoms with Gasteiger partial charge in [-0.25, -0.2) is 4.79 Å². The number of aryl methyl sites for hydroxylation is 1. The van der Waals surface area contributed by atoms with E-state index >= 15 is 0 Å². The summed E-state index contributed by atoms with van der Waals surface area (Å²) in [5.74, 6) is 0. The zero-order valence-corrected chi connectivity index (χ0v) is 11.0. The fourth-order valence-corrected chi connectivity index (χ4v) is 1.75. The number of aliphatic hydroxyl groups is 1. The van der Waals surface area contributed by atoms with E-state index in [1.54, 1.807) is 0 Å². The number of hydrogen-bond acceptors (Lipinski definition) is 4. The molecule has 1 aromatic heterocycles. The highest BCUT2D eigenvalue weighted by Crippen LogP contribution is 2.11. The van der Waals surface area contributed by atoms with Crippen LogP contribution in [0.15, 0.2) is 9.59 Å². The highest BCUT2D eigenvalue weighted by molar-refractivity contribution is 4.88. The molecule has 1 aromatic rings. The minimum Gasteiger partial charge on any atom is -0.372 e. The quantitative estimate of drug-likeness (QED) is 0.714. The molecule has 102 valence electrons. The summed E-state index contributed by atoms with van der Waals surface area (Å²) in [6, 6.07) is 0. The molecule has 1 atom stereocenters. The van der Waals surface area contributed by atoms with Crippen LogP contribution in [0.5, 0.6) is 0 Å². The topological polar surface area (TPSA) is 88.0 Å². The van der Waals surface area contributed by atoms with Crippen molar-refractivity contribution in [3.8, 4) is 0 Å². The van der Waals surface area contributed by atoms with Gasteiger partial charge in [-0.05, 0) is 19.8 Å². The normalized spacial score (nSPS) is 12.6. The van der Waals surface area contributed by atoms with Crippen molar-refractivity contribution in [1.82, 2.24) is 14.8 Å². The zero-order chi connectivity index (χ0) is 13.5. The number of nitrogens with zero attached hydrogens (tertiary/aromatic N) is 2. The summed E-state index contributed by atoms with van der Waals surface area (Å²) in [6.07, 6.45) is 4.87. The van der Waals surface area contributed by atoms with E-state index in [-0.39, 0.29) is 5.69 Å². The van der Waals surface area contributed by atoms with Gasteiger partial charge >= 0.3 is 5.69 Å². The summed E-state index contributed by atoms with van der Waals surface area (Å²) in [6.45, 7) is 3.64. The Hall–Kier alpha value is -1.43. The first-order chi connectivity index (χ1) is 8.56. The van der Waals surface area contributed by atoms with E-state index in [0.29, 0.717) is 6.42 Å². The Labute approximate surface area is 106 Å². The largest absolute Gasteiger partial charge is 0.372 e. The molecular formula is C12H21N3O3. The van der Waals surface area contributed by atoms with Crippen LogP contribution in [0.2, 0.25) is 0 Å². The molecule has 0 bridgehead atoms. The molecule has 0 aliphatic heterocycles. The summed E-state index contributed by atoms with van der Waals surface area (Å²) in [4.78, 5) is 24.7. The number of H-pyrrole nitrogens is 1. The molecule has 0 radical (unpaired) electrons. The number of rotatable bonds is 7. The average Bonchev–Trinajstić information content (AvgIpc) is 2.33. The molecule has 6 heteroatoms. The second-order valence-corrected chi connectivity index (χ2v) is 4.47. The van der Waals surface area contributed by atoms with Crippen LogP contribution in [0.3, 0.4) is 0 Å². The van der Waals surface area contributed by atoms with E-state index in [1.165, 1.54) is 19.8 Å². The van der Waals surface area contributed by atoms with Gasteiger partial charge in [-0.3, -0.25) is 9.78 Å². The van der Waals surface area contributed by atoms with E-state index < -0.39 is 17.5 Å². The van der Waals surface area contributed by atoms with Crippen molar-refractivity contribution in [2.45, 2.75) is 58.6 Å². The Bertz CT molecular complexity index is 478. The van der Waals surface area contributed by atoms with E-state index in [1.807, 2.05) is 0 Å². The lowest BCUT2D eigenvalue weighted by molar-refractivity contribution is 0.0707. The molecule has 0 aliphatic rings. The van der Waals surface area contributed by atoms with Crippen molar-refractivity contribution in [1.29, 1.82) is 0 Å². The molecule has 6 nitrogen and oxygen atoms in total. The Balaban J connectivity index is 2.56. The molecule has 0 spiro atoms. The fourth-order valence-electron chi connectivity index (χ4n) is 1.75. The highest BCUT2D eigenvalue weighted by atomic mass is 16.3. The monoisotopic (exact) mass is 255 g/mol. The molecule has 0 amide bonds. The molecule has 1 unspecified atom stereocenters. The third-order valence-electron chi connectivity index (χ3n) is 2.86. The number of nitrogens with one attached hydrogen (secondary N) is 1. The average molecular weight is 255 g/mol. The first-order valence-electron chi connectivity index (χ1n) is 6.44. The molecule has 0 saturated carbocycles. The van der Waals surface area contributed by atoms with Crippen molar-refractivity contribution >= 4 is 0 Å². The second-order valence-electron chi connectivity index (χ2n) is 4.47. The Morgan fingerprint density at radius 1 is 1.28 bits per heavy atom. The highest BCUT2D eigenvalue weighted by Gasteiger charge is 2.11. The van der Waals surface area contributed by atoms with Crippen molar-refractivity contribution in [2.75, 3.05) is 0 Å². The maximum Gasteiger partial charge on any atom is 0.347 e. The molecule has 0 aliphatic carbocycles. The van der Waals surface area contributed by atoms with Gasteiger partial charge in [0.05, 0.1) is 0 Å². The van der Waals surface area contributed by atoms with Gasteiger partial charge in [-0.2, -0.15) is 9.78 Å². The first kappa shape index (κ1) is 14.6. The van der Waals surface area contributed by atoms with Gasteiger partial charge in [0.2, 0.25) is 0 Å². The third-order valence-corrected chi connectivity index (χ3v) is 2.86. The van der Waals surface area contributed by atoms with Crippen LogP contribution in [0.4, 0.5) is 0 Å². The fraction of sp³-hybridized carbons (Fsp3) is 0.750. The van der Waals surface area contributed by atoms with E-state index in [0.717, 1.165) is 23.9 Å². The van der Waals surface area contributed by atoms with Gasteiger partial charge in [0.1, 0.15) is 5.69 Å². The molecular weight excluding hydrogens is 234 g/mol. The van der Waals surface area contributed by atoms with Gasteiger partial charge in [-0.1, -0.05) is 32.6 Å². The molecule has 1 heterocycles. The van der Waals surface area contributed by atoms with Crippen LogP contribution < -0.4 is 11.2 Å². The van der Waals surface area contributed by atoms with Crippen LogP contribution in [0.1, 0.15) is 57.4 Å². The smallest absolute Gasteiger partial charge is 0.347 e. The van der Waals surface area contributed by atoms with Gasteiger partial charge in [-0.15, -0.1) is 0 Å². The van der Waals surface area contributed by atoms with Crippen LogP contribution in [-0.4, -0.2) is 19.9 Å². The van der Waals surface area contributed by atoms with Crippen LogP contribution in [0, 0.1) is 6.92 Å². The third kappa shape index (κ3) is 4.10. The molecule has 0 saturated heterocycles. The number of aliphatic hydroxyl groups excluding tert-OH is 1. The Kier molecular flexibility index (Phi) is 5.77. The number of unbranched alkanes of at least 4 members (excludes halogenated alkanes) is 4. The summed E-state index contributed by atoms with van der Waals surface area (Å²) >= 11 is 0. The first-order valence-corrected chi connectivity index (χ1v) is 6.44. The lowest BCUT2D eigenvalue weighted by Crippen LogP contribution is -2.36. The summed E-state index contributed by atoms with van der Waals surface area (Å²) < 4.78 is 0.941. The van der Waals surface area contributed by atoms with Crippen molar-refractivity contribution in [3.05, 3.63) is 26.5 Å². The SMILES string of the molecule is CCCCCCCC(O)n1nc(C)c(=O)[nH]c1=O. The van der Waals surface area contributed by atoms with Crippen LogP contribution in [0.25, 0.3) is 0 Å². The molecule has 18 heavy (non-hydrogen) atoms. The van der Waals surface area contributed by atoms with Crippen molar-refractivity contribution < 1.29 is 5.11 Å². The van der Waals surface area contributed by atoms with Gasteiger partial charge in [0.25, 0.3) is 5.56 Å². The molecule has 1 rings (SSSR count). The standard InChI is InChI=1S/C12H21N3O3/c1-3-4-5-6-7-8-10(16)15-12(18)13-11(17)9(2)14-15/h10,16H,3-8H2,1-2H3,(H,13,17,18). The summed E-state index contributed by atoms with van der Waals surface area (Å²) in [7, 11) is 0. The van der Waals surface area contributed by atoms with Gasteiger partial charge < -0.3 is 5.11 Å². The van der Waals surface area contributed by atoms with E-state index in [4.69, 9.17) is 0 Å². The van der Waals surface area contributed by atoms with E-state index in [2.05, 4.69) is 17.0 Å². The van der Waals surface area contributed by atoms with Crippen molar-refractivity contribution in [2.24, 2.45) is 0 Å². The molecule has 2 N–H and O–H groups in total. The number of hydrogen-bond donors (Lipinski definition) is 2. The zero-order valence-electron chi connectivity index (χ0n) is 11.0. The summed E-state index contributed by atoms with van der Waals surface area (Å²) in [5.41, 5.74) is -0.988. The minimum atomic E-state index is -0.963. The lowest BCUT2D eigenvalue weighted by Gasteiger charge is -2.12. The molecule has 0 fully saturated rings. The Morgan fingerprint density at radius 3 is 2.61 bits per heavy atom. The minimum absolute atomic E-state index is 0.180. The predicted octanol–water partition coefficient (Wildman–Crippen LogP) is 1.09. The van der Waals surface area contributed by atoms with Crippen LogP contribution >= 0.6 is 0 Å². The maximum atomic E-state index is 11.5. The molecule has 0 aromatic carbocycles. The summed E-state index contributed by atoms with van der Waals surface area (Å²) in [5, 5.41) is 13.6. The van der Waals surface area contributed by atoms with Crippen LogP contribution in [-0.2, 0) is 0 Å². The number of aromatic nitrogens is 3. The van der Waals surface area contributed by atoms with Gasteiger partial charge in [0.15, 0.2) is 6.23 Å². The second kappa shape index (κ2) is 7.10. The number of aromatic amines is 1. The van der Waals surface area contributed by atoms with Gasteiger partial charge in [0, 0.05) is 0 Å². The maximum absolute atomic E-state index is 11.5. The Morgan fingerprint density at radius 2 is 1.94 bits per heavy atom. The van der Waals surface area contributed by atoms with E-state index in [9.17, 15) is 14.7 Å². The van der Waals surface area contributed by atoms with Crippen molar-refractivity contribution in [3.63, 3.8) is 0 Å².